The third-order valence-corrected chi connectivity index (χ3v) is 1.43. The normalized spacial score (nSPS) is 45.0. The maximum atomic E-state index is 12.3. The molecule has 0 spiro atoms. The number of rotatable bonds is 0. The van der Waals surface area contributed by atoms with Crippen molar-refractivity contribution >= 4 is 0 Å². The van der Waals surface area contributed by atoms with Crippen LogP contribution in [0.4, 0.5) is 8.78 Å². The lowest BCUT2D eigenvalue weighted by Crippen LogP contribution is -2.47. The van der Waals surface area contributed by atoms with E-state index in [1.165, 1.54) is 0 Å². The van der Waals surface area contributed by atoms with E-state index in [-0.39, 0.29) is 0 Å². The molecule has 0 radical (unpaired) electrons. The highest BCUT2D eigenvalue weighted by Crippen LogP contribution is 2.13. The van der Waals surface area contributed by atoms with E-state index in [0.29, 0.717) is 13.0 Å². The Morgan fingerprint density at radius 3 is 2.56 bits per heavy atom. The molecule has 0 bridgehead atoms. The van der Waals surface area contributed by atoms with E-state index in [0.717, 1.165) is 0 Å². The number of piperidine rings is 1. The highest BCUT2D eigenvalue weighted by atomic mass is 19.2. The van der Waals surface area contributed by atoms with Gasteiger partial charge < -0.3 is 5.11 Å². The van der Waals surface area contributed by atoms with Gasteiger partial charge in [-0.15, -0.1) is 0 Å². The lowest BCUT2D eigenvalue weighted by atomic mass is 10.1. The van der Waals surface area contributed by atoms with Gasteiger partial charge in [-0.3, -0.25) is 5.32 Å². The highest BCUT2D eigenvalue weighted by Gasteiger charge is 2.31. The lowest BCUT2D eigenvalue weighted by molar-refractivity contribution is -0.0139. The van der Waals surface area contributed by atoms with Crippen LogP contribution in [-0.2, 0) is 0 Å². The topological polar surface area (TPSA) is 32.3 Å². The van der Waals surface area contributed by atoms with Gasteiger partial charge in [0.1, 0.15) is 0 Å². The summed E-state index contributed by atoms with van der Waals surface area (Å²) in [6.45, 7) is 0.350. The van der Waals surface area contributed by atoms with Gasteiger partial charge in [-0.25, -0.2) is 8.78 Å². The Bertz CT molecular complexity index is 91.0. The van der Waals surface area contributed by atoms with Gasteiger partial charge in [0, 0.05) is 6.54 Å². The van der Waals surface area contributed by atoms with Crippen molar-refractivity contribution < 1.29 is 13.9 Å². The van der Waals surface area contributed by atoms with Crippen molar-refractivity contribution in [3.63, 3.8) is 0 Å². The van der Waals surface area contributed by atoms with E-state index >= 15 is 0 Å². The summed E-state index contributed by atoms with van der Waals surface area (Å²) in [6, 6.07) is 0. The first-order valence-electron chi connectivity index (χ1n) is 2.91. The molecule has 3 atom stereocenters. The first-order valence-corrected chi connectivity index (χ1v) is 2.91. The summed E-state index contributed by atoms with van der Waals surface area (Å²) in [4.78, 5) is 0. The van der Waals surface area contributed by atoms with E-state index < -0.39 is 18.6 Å². The molecule has 2 nitrogen and oxygen atoms in total. The van der Waals surface area contributed by atoms with Crippen molar-refractivity contribution in [2.24, 2.45) is 0 Å². The van der Waals surface area contributed by atoms with Crippen LogP contribution in [0.3, 0.4) is 0 Å². The average Bonchev–Trinajstić information content (AvgIpc) is 1.83. The standard InChI is InChI=1S/C5H9F2NO/c6-4-3(9)1-2-8-5(4)7/h3-5,8-9H,1-2H2. The van der Waals surface area contributed by atoms with Gasteiger partial charge in [-0.2, -0.15) is 0 Å². The summed E-state index contributed by atoms with van der Waals surface area (Å²) in [5.41, 5.74) is 0. The second-order valence-corrected chi connectivity index (χ2v) is 2.16. The van der Waals surface area contributed by atoms with Crippen molar-refractivity contribution in [1.82, 2.24) is 5.32 Å². The number of hydrogen-bond acceptors (Lipinski definition) is 2. The second kappa shape index (κ2) is 2.58. The molecule has 0 aromatic heterocycles. The van der Waals surface area contributed by atoms with Gasteiger partial charge in [0.2, 0.25) is 0 Å². The van der Waals surface area contributed by atoms with Crippen LogP contribution in [0.15, 0.2) is 0 Å². The first kappa shape index (κ1) is 6.89. The molecule has 1 aliphatic rings. The number of hydrogen-bond donors (Lipinski definition) is 2. The lowest BCUT2D eigenvalue weighted by Gasteiger charge is -2.25. The summed E-state index contributed by atoms with van der Waals surface area (Å²) in [6.07, 6.45) is -4.27. The minimum atomic E-state index is -1.75. The van der Waals surface area contributed by atoms with Gasteiger partial charge in [0.25, 0.3) is 0 Å². The number of alkyl halides is 2. The molecular weight excluding hydrogens is 128 g/mol. The maximum absolute atomic E-state index is 12.3. The Morgan fingerprint density at radius 2 is 2.11 bits per heavy atom. The molecule has 1 heterocycles. The molecule has 0 amide bonds. The maximum Gasteiger partial charge on any atom is 0.185 e. The fourth-order valence-corrected chi connectivity index (χ4v) is 0.836. The van der Waals surface area contributed by atoms with Crippen LogP contribution < -0.4 is 5.32 Å². The van der Waals surface area contributed by atoms with Gasteiger partial charge in [-0.1, -0.05) is 0 Å². The minimum Gasteiger partial charge on any atom is -0.390 e. The Balaban J connectivity index is 2.41. The van der Waals surface area contributed by atoms with Crippen molar-refractivity contribution in [2.75, 3.05) is 6.54 Å². The van der Waals surface area contributed by atoms with Crippen LogP contribution in [0.2, 0.25) is 0 Å². The predicted molar refractivity (Wildman–Crippen MR) is 28.4 cm³/mol. The van der Waals surface area contributed by atoms with Gasteiger partial charge in [0.05, 0.1) is 6.10 Å². The molecule has 54 valence electrons. The molecule has 9 heavy (non-hydrogen) atoms. The molecule has 2 N–H and O–H groups in total. The van der Waals surface area contributed by atoms with E-state index in [1.807, 2.05) is 0 Å². The van der Waals surface area contributed by atoms with Gasteiger partial charge in [0.15, 0.2) is 12.5 Å². The molecular formula is C5H9F2NO. The van der Waals surface area contributed by atoms with Crippen molar-refractivity contribution in [3.8, 4) is 0 Å². The van der Waals surface area contributed by atoms with Crippen LogP contribution >= 0.6 is 0 Å². The summed E-state index contributed by atoms with van der Waals surface area (Å²) in [7, 11) is 0. The van der Waals surface area contributed by atoms with Crippen LogP contribution in [0.25, 0.3) is 0 Å². The summed E-state index contributed by atoms with van der Waals surface area (Å²) < 4.78 is 24.5. The molecule has 0 aromatic carbocycles. The molecule has 1 saturated heterocycles. The predicted octanol–water partition coefficient (Wildman–Crippen LogP) is -0.0257. The van der Waals surface area contributed by atoms with Crippen molar-refractivity contribution in [3.05, 3.63) is 0 Å². The third-order valence-electron chi connectivity index (χ3n) is 1.43. The first-order chi connectivity index (χ1) is 4.22. The number of halogens is 2. The van der Waals surface area contributed by atoms with E-state index in [2.05, 4.69) is 5.32 Å². The average molecular weight is 137 g/mol. The van der Waals surface area contributed by atoms with E-state index in [9.17, 15) is 8.78 Å². The van der Waals surface area contributed by atoms with Crippen LogP contribution in [0, 0.1) is 0 Å². The van der Waals surface area contributed by atoms with Crippen molar-refractivity contribution in [1.29, 1.82) is 0 Å². The zero-order valence-electron chi connectivity index (χ0n) is 4.85. The Kier molecular flexibility index (Phi) is 1.97. The number of aliphatic hydroxyl groups excluding tert-OH is 1. The van der Waals surface area contributed by atoms with Crippen LogP contribution in [-0.4, -0.2) is 30.2 Å². The minimum absolute atomic E-state index is 0.293. The molecule has 0 aromatic rings. The fourth-order valence-electron chi connectivity index (χ4n) is 0.836. The number of aliphatic hydroxyl groups is 1. The monoisotopic (exact) mass is 137 g/mol. The number of nitrogens with one attached hydrogen (secondary N) is 1. The SMILES string of the molecule is OC1CCNC(F)C1F. The third kappa shape index (κ3) is 1.37. The highest BCUT2D eigenvalue weighted by molar-refractivity contribution is 4.80. The molecule has 3 unspecified atom stereocenters. The summed E-state index contributed by atoms with van der Waals surface area (Å²) >= 11 is 0. The second-order valence-electron chi connectivity index (χ2n) is 2.16. The summed E-state index contributed by atoms with van der Waals surface area (Å²) in [5, 5.41) is 11.0. The van der Waals surface area contributed by atoms with Crippen LogP contribution in [0.1, 0.15) is 6.42 Å². The van der Waals surface area contributed by atoms with Gasteiger partial charge in [-0.05, 0) is 6.42 Å². The van der Waals surface area contributed by atoms with E-state index in [4.69, 9.17) is 5.11 Å². The van der Waals surface area contributed by atoms with Gasteiger partial charge >= 0.3 is 0 Å². The largest absolute Gasteiger partial charge is 0.390 e. The zero-order chi connectivity index (χ0) is 6.85. The molecule has 0 saturated carbocycles. The van der Waals surface area contributed by atoms with E-state index in [1.54, 1.807) is 0 Å². The zero-order valence-corrected chi connectivity index (χ0v) is 4.85. The molecule has 4 heteroatoms. The smallest absolute Gasteiger partial charge is 0.185 e. The molecule has 0 aliphatic carbocycles. The van der Waals surface area contributed by atoms with Crippen molar-refractivity contribution in [2.45, 2.75) is 25.0 Å². The molecule has 1 rings (SSSR count). The molecule has 1 aliphatic heterocycles. The fraction of sp³-hybridized carbons (Fsp3) is 1.00. The summed E-state index contributed by atoms with van der Waals surface area (Å²) in [5.74, 6) is 0. The van der Waals surface area contributed by atoms with Crippen LogP contribution in [0.5, 0.6) is 0 Å². The Labute approximate surface area is 51.9 Å². The Morgan fingerprint density at radius 1 is 1.44 bits per heavy atom. The molecule has 1 fully saturated rings. The quantitative estimate of drug-likeness (QED) is 0.460. The Hall–Kier alpha value is -0.220.